The standard InChI is InChI=1S/C27H24BrClFN3O3/c1-3-4-8-25-32-23-10-9-19(28)13-22(23)27(34)33(25)31-15-18-12-20(29)14-24(35-2)26(18)36-16-17-6-5-7-21(30)11-17/h5-7,9-15H,3-4,8,16H2,1-2H3. The van der Waals surface area contributed by atoms with E-state index in [9.17, 15) is 9.18 Å². The normalized spacial score (nSPS) is 11.4. The van der Waals surface area contributed by atoms with Crippen molar-refractivity contribution in [1.29, 1.82) is 0 Å². The molecule has 9 heteroatoms. The van der Waals surface area contributed by atoms with Crippen LogP contribution in [0.25, 0.3) is 10.9 Å². The van der Waals surface area contributed by atoms with Crippen molar-refractivity contribution < 1.29 is 13.9 Å². The van der Waals surface area contributed by atoms with E-state index in [1.165, 1.54) is 30.1 Å². The maximum Gasteiger partial charge on any atom is 0.282 e. The minimum absolute atomic E-state index is 0.101. The zero-order valence-corrected chi connectivity index (χ0v) is 22.1. The Morgan fingerprint density at radius 3 is 2.78 bits per heavy atom. The molecule has 0 saturated carbocycles. The summed E-state index contributed by atoms with van der Waals surface area (Å²) in [6.45, 7) is 2.17. The molecule has 0 spiro atoms. The second-order valence-corrected chi connectivity index (χ2v) is 9.45. The quantitative estimate of drug-likeness (QED) is 0.208. The molecule has 0 N–H and O–H groups in total. The van der Waals surface area contributed by atoms with Gasteiger partial charge in [0.1, 0.15) is 18.2 Å². The Bertz CT molecular complexity index is 1490. The molecule has 0 saturated heterocycles. The Morgan fingerprint density at radius 2 is 2.03 bits per heavy atom. The van der Waals surface area contributed by atoms with Gasteiger partial charge in [-0.25, -0.2) is 9.37 Å². The summed E-state index contributed by atoms with van der Waals surface area (Å²) in [6, 6.07) is 14.8. The first-order valence-corrected chi connectivity index (χ1v) is 12.6. The minimum Gasteiger partial charge on any atom is -0.493 e. The number of benzene rings is 3. The lowest BCUT2D eigenvalue weighted by Crippen LogP contribution is -2.22. The van der Waals surface area contributed by atoms with Crippen LogP contribution in [0, 0.1) is 5.82 Å². The van der Waals surface area contributed by atoms with Crippen LogP contribution in [0.2, 0.25) is 5.02 Å². The number of unbranched alkanes of at least 4 members (excludes halogenated alkanes) is 1. The number of ether oxygens (including phenoxy) is 2. The zero-order valence-electron chi connectivity index (χ0n) is 19.8. The SMILES string of the molecule is CCCCc1nc2ccc(Br)cc2c(=O)n1N=Cc1cc(Cl)cc(OC)c1OCc1cccc(F)c1. The van der Waals surface area contributed by atoms with Crippen LogP contribution in [-0.4, -0.2) is 23.0 Å². The van der Waals surface area contributed by atoms with Gasteiger partial charge in [-0.1, -0.05) is 53.0 Å². The van der Waals surface area contributed by atoms with Crippen LogP contribution in [-0.2, 0) is 13.0 Å². The summed E-state index contributed by atoms with van der Waals surface area (Å²) < 4.78 is 27.2. The highest BCUT2D eigenvalue weighted by Gasteiger charge is 2.15. The van der Waals surface area contributed by atoms with E-state index in [1.54, 1.807) is 30.3 Å². The van der Waals surface area contributed by atoms with Crippen molar-refractivity contribution in [2.24, 2.45) is 5.10 Å². The van der Waals surface area contributed by atoms with Gasteiger partial charge in [-0.3, -0.25) is 4.79 Å². The van der Waals surface area contributed by atoms with Crippen LogP contribution in [0.4, 0.5) is 4.39 Å². The summed E-state index contributed by atoms with van der Waals surface area (Å²) in [6.07, 6.45) is 3.90. The molecule has 1 heterocycles. The van der Waals surface area contributed by atoms with Gasteiger partial charge in [-0.2, -0.15) is 9.78 Å². The molecule has 0 bridgehead atoms. The molecule has 36 heavy (non-hydrogen) atoms. The molecule has 0 fully saturated rings. The van der Waals surface area contributed by atoms with E-state index < -0.39 is 0 Å². The Morgan fingerprint density at radius 1 is 1.19 bits per heavy atom. The zero-order chi connectivity index (χ0) is 25.7. The Hall–Kier alpha value is -3.23. The summed E-state index contributed by atoms with van der Waals surface area (Å²) in [7, 11) is 1.50. The summed E-state index contributed by atoms with van der Waals surface area (Å²) in [4.78, 5) is 18.1. The van der Waals surface area contributed by atoms with Crippen molar-refractivity contribution in [3.05, 3.63) is 97.2 Å². The Balaban J connectivity index is 1.78. The van der Waals surface area contributed by atoms with Gasteiger partial charge in [0, 0.05) is 27.5 Å². The number of aryl methyl sites for hydroxylation is 1. The molecular weight excluding hydrogens is 549 g/mol. The molecule has 4 rings (SSSR count). The molecular formula is C27H24BrClFN3O3. The van der Waals surface area contributed by atoms with Crippen molar-refractivity contribution in [3.8, 4) is 11.5 Å². The number of rotatable bonds is 9. The first kappa shape index (κ1) is 25.9. The summed E-state index contributed by atoms with van der Waals surface area (Å²) in [5.41, 5.74) is 1.49. The first-order chi connectivity index (χ1) is 17.4. The van der Waals surface area contributed by atoms with Crippen molar-refractivity contribution in [3.63, 3.8) is 0 Å². The van der Waals surface area contributed by atoms with Crippen molar-refractivity contribution in [2.75, 3.05) is 7.11 Å². The molecule has 6 nitrogen and oxygen atoms in total. The van der Waals surface area contributed by atoms with Crippen LogP contribution < -0.4 is 15.0 Å². The predicted molar refractivity (Wildman–Crippen MR) is 144 cm³/mol. The topological polar surface area (TPSA) is 65.7 Å². The third kappa shape index (κ3) is 5.94. The molecule has 186 valence electrons. The monoisotopic (exact) mass is 571 g/mol. The van der Waals surface area contributed by atoms with Gasteiger partial charge >= 0.3 is 0 Å². The molecule has 0 unspecified atom stereocenters. The highest BCUT2D eigenvalue weighted by molar-refractivity contribution is 9.10. The molecule has 3 aromatic carbocycles. The van der Waals surface area contributed by atoms with E-state index in [0.29, 0.717) is 50.8 Å². The lowest BCUT2D eigenvalue weighted by Gasteiger charge is -2.14. The third-order valence-electron chi connectivity index (χ3n) is 5.48. The summed E-state index contributed by atoms with van der Waals surface area (Å²) in [5.74, 6) is 0.966. The van der Waals surface area contributed by atoms with Gasteiger partial charge in [-0.05, 0) is 48.4 Å². The van der Waals surface area contributed by atoms with Crippen LogP contribution in [0.3, 0.4) is 0 Å². The number of halogens is 3. The second kappa shape index (κ2) is 11.7. The molecule has 1 aromatic heterocycles. The highest BCUT2D eigenvalue weighted by Crippen LogP contribution is 2.34. The van der Waals surface area contributed by atoms with Gasteiger partial charge in [-0.15, -0.1) is 0 Å². The fraction of sp³-hybridized carbons (Fsp3) is 0.222. The number of hydrogen-bond donors (Lipinski definition) is 0. The van der Waals surface area contributed by atoms with Gasteiger partial charge in [0.05, 0.1) is 24.2 Å². The molecule has 0 amide bonds. The number of fused-ring (bicyclic) bond motifs is 1. The molecule has 0 radical (unpaired) electrons. The average molecular weight is 573 g/mol. The van der Waals surface area contributed by atoms with Gasteiger partial charge in [0.2, 0.25) is 0 Å². The smallest absolute Gasteiger partial charge is 0.282 e. The molecule has 0 aliphatic heterocycles. The fourth-order valence-electron chi connectivity index (χ4n) is 3.70. The van der Waals surface area contributed by atoms with Crippen LogP contribution in [0.15, 0.2) is 69.0 Å². The Labute approximate surface area is 221 Å². The number of nitrogens with zero attached hydrogens (tertiary/aromatic N) is 3. The number of hydrogen-bond acceptors (Lipinski definition) is 5. The largest absolute Gasteiger partial charge is 0.493 e. The van der Waals surface area contributed by atoms with E-state index in [-0.39, 0.29) is 18.0 Å². The third-order valence-corrected chi connectivity index (χ3v) is 6.19. The Kier molecular flexibility index (Phi) is 8.38. The fourth-order valence-corrected chi connectivity index (χ4v) is 4.28. The van der Waals surface area contributed by atoms with E-state index in [1.807, 2.05) is 12.1 Å². The lowest BCUT2D eigenvalue weighted by atomic mass is 10.2. The predicted octanol–water partition coefficient (Wildman–Crippen LogP) is 6.76. The minimum atomic E-state index is -0.351. The van der Waals surface area contributed by atoms with E-state index in [2.05, 4.69) is 28.0 Å². The van der Waals surface area contributed by atoms with Gasteiger partial charge in [0.15, 0.2) is 11.5 Å². The number of methoxy groups -OCH3 is 1. The second-order valence-electron chi connectivity index (χ2n) is 8.10. The highest BCUT2D eigenvalue weighted by atomic mass is 79.9. The molecule has 0 aliphatic carbocycles. The van der Waals surface area contributed by atoms with Gasteiger partial charge < -0.3 is 9.47 Å². The van der Waals surface area contributed by atoms with E-state index >= 15 is 0 Å². The molecule has 4 aromatic rings. The lowest BCUT2D eigenvalue weighted by molar-refractivity contribution is 0.283. The molecule has 0 aliphatic rings. The van der Waals surface area contributed by atoms with Crippen molar-refractivity contribution >= 4 is 44.6 Å². The van der Waals surface area contributed by atoms with E-state index in [4.69, 9.17) is 26.1 Å². The van der Waals surface area contributed by atoms with E-state index in [0.717, 1.165) is 17.3 Å². The van der Waals surface area contributed by atoms with Crippen LogP contribution >= 0.6 is 27.5 Å². The summed E-state index contributed by atoms with van der Waals surface area (Å²) >= 11 is 9.73. The summed E-state index contributed by atoms with van der Waals surface area (Å²) in [5, 5.41) is 5.36. The van der Waals surface area contributed by atoms with Crippen LogP contribution in [0.1, 0.15) is 36.7 Å². The first-order valence-electron chi connectivity index (χ1n) is 11.4. The molecule has 0 atom stereocenters. The van der Waals surface area contributed by atoms with Gasteiger partial charge in [0.25, 0.3) is 5.56 Å². The van der Waals surface area contributed by atoms with Crippen molar-refractivity contribution in [1.82, 2.24) is 9.66 Å². The maximum atomic E-state index is 13.6. The van der Waals surface area contributed by atoms with Crippen LogP contribution in [0.5, 0.6) is 11.5 Å². The average Bonchev–Trinajstić information content (AvgIpc) is 2.86. The number of aromatic nitrogens is 2. The van der Waals surface area contributed by atoms with Crippen molar-refractivity contribution in [2.45, 2.75) is 32.8 Å². The maximum absolute atomic E-state index is 13.6.